The first kappa shape index (κ1) is 15.8. The van der Waals surface area contributed by atoms with Gasteiger partial charge in [0.15, 0.2) is 0 Å². The Morgan fingerprint density at radius 3 is 2.31 bits per heavy atom. The molecule has 0 saturated carbocycles. The van der Waals surface area contributed by atoms with Crippen LogP contribution in [0.15, 0.2) is 23.3 Å². The summed E-state index contributed by atoms with van der Waals surface area (Å²) in [7, 11) is 0. The van der Waals surface area contributed by atoms with E-state index in [1.807, 2.05) is 0 Å². The van der Waals surface area contributed by atoms with Crippen molar-refractivity contribution in [1.82, 2.24) is 0 Å². The molecular weight excluding hydrogens is 216 g/mol. The molecule has 1 heteroatoms. The van der Waals surface area contributed by atoms with Crippen molar-refractivity contribution < 1.29 is 0 Å². The quantitative estimate of drug-likeness (QED) is 0.404. The highest BCUT2D eigenvalue weighted by molar-refractivity contribution is 6.18. The predicted octanol–water partition coefficient (Wildman–Crippen LogP) is 5.58. The van der Waals surface area contributed by atoms with E-state index in [0.717, 1.165) is 5.88 Å². The van der Waals surface area contributed by atoms with Crippen LogP contribution in [-0.4, -0.2) is 5.88 Å². The second kappa shape index (κ2) is 8.87. The summed E-state index contributed by atoms with van der Waals surface area (Å²) in [4.78, 5) is 0. The predicted molar refractivity (Wildman–Crippen MR) is 76.1 cm³/mol. The van der Waals surface area contributed by atoms with Gasteiger partial charge in [0.1, 0.15) is 0 Å². The minimum Gasteiger partial charge on any atom is -0.126 e. The van der Waals surface area contributed by atoms with Gasteiger partial charge in [-0.2, -0.15) is 0 Å². The third-order valence-electron chi connectivity index (χ3n) is 3.16. The van der Waals surface area contributed by atoms with Crippen molar-refractivity contribution in [2.45, 2.75) is 53.9 Å². The van der Waals surface area contributed by atoms with Crippen molar-refractivity contribution in [3.05, 3.63) is 23.3 Å². The Balaban J connectivity index is 4.24. The molecule has 0 aromatic heterocycles. The molecule has 1 unspecified atom stereocenters. The topological polar surface area (TPSA) is 0 Å². The van der Waals surface area contributed by atoms with Crippen LogP contribution in [0, 0.1) is 11.8 Å². The lowest BCUT2D eigenvalue weighted by atomic mass is 9.96. The smallest absolute Gasteiger partial charge is 0.0251 e. The van der Waals surface area contributed by atoms with Crippen LogP contribution in [0.4, 0.5) is 0 Å². The fourth-order valence-corrected chi connectivity index (χ4v) is 2.13. The summed E-state index contributed by atoms with van der Waals surface area (Å²) in [6, 6.07) is 0. The van der Waals surface area contributed by atoms with Gasteiger partial charge in [-0.05, 0) is 44.1 Å². The van der Waals surface area contributed by atoms with Crippen molar-refractivity contribution in [2.24, 2.45) is 11.8 Å². The van der Waals surface area contributed by atoms with E-state index in [9.17, 15) is 0 Å². The normalized spacial score (nSPS) is 15.7. The average Bonchev–Trinajstić information content (AvgIpc) is 2.26. The van der Waals surface area contributed by atoms with E-state index in [0.29, 0.717) is 11.8 Å². The third-order valence-corrected chi connectivity index (χ3v) is 3.59. The fraction of sp³-hybridized carbons (Fsp3) is 0.733. The Kier molecular flexibility index (Phi) is 8.74. The molecule has 0 amide bonds. The van der Waals surface area contributed by atoms with Crippen molar-refractivity contribution in [3.63, 3.8) is 0 Å². The molecule has 0 saturated heterocycles. The van der Waals surface area contributed by atoms with Crippen molar-refractivity contribution >= 4 is 11.6 Å². The van der Waals surface area contributed by atoms with Gasteiger partial charge in [-0.15, -0.1) is 11.6 Å². The van der Waals surface area contributed by atoms with Gasteiger partial charge in [-0.1, -0.05) is 44.9 Å². The van der Waals surface area contributed by atoms with Crippen LogP contribution in [-0.2, 0) is 0 Å². The first-order valence-corrected chi connectivity index (χ1v) is 6.97. The van der Waals surface area contributed by atoms with Crippen LogP contribution in [0.25, 0.3) is 0 Å². The molecule has 0 rings (SSSR count). The van der Waals surface area contributed by atoms with E-state index in [-0.39, 0.29) is 0 Å². The molecule has 0 aliphatic rings. The molecule has 0 nitrogen and oxygen atoms in total. The van der Waals surface area contributed by atoms with Gasteiger partial charge in [0, 0.05) is 5.88 Å². The highest BCUT2D eigenvalue weighted by atomic mass is 35.5. The van der Waals surface area contributed by atoms with Crippen LogP contribution in [0.5, 0.6) is 0 Å². The molecule has 0 aromatic carbocycles. The summed E-state index contributed by atoms with van der Waals surface area (Å²) in [5.41, 5.74) is 2.92. The van der Waals surface area contributed by atoms with E-state index in [2.05, 4.69) is 46.8 Å². The Bertz CT molecular complexity index is 232. The van der Waals surface area contributed by atoms with Gasteiger partial charge in [-0.3, -0.25) is 0 Å². The molecule has 16 heavy (non-hydrogen) atoms. The molecule has 0 fully saturated rings. The number of allylic oxidation sites excluding steroid dienone is 4. The SMILES string of the molecule is C/C=C(\C=C(\C)CCC(CC)CCl)C(C)C. The van der Waals surface area contributed by atoms with Crippen LogP contribution in [0.1, 0.15) is 53.9 Å². The average molecular weight is 243 g/mol. The molecule has 1 atom stereocenters. The molecule has 0 bridgehead atoms. The van der Waals surface area contributed by atoms with Gasteiger partial charge >= 0.3 is 0 Å². The van der Waals surface area contributed by atoms with Crippen LogP contribution < -0.4 is 0 Å². The minimum atomic E-state index is 0.620. The van der Waals surface area contributed by atoms with Crippen LogP contribution in [0.2, 0.25) is 0 Å². The Morgan fingerprint density at radius 1 is 1.31 bits per heavy atom. The highest BCUT2D eigenvalue weighted by Gasteiger charge is 2.05. The number of alkyl halides is 1. The largest absolute Gasteiger partial charge is 0.126 e. The van der Waals surface area contributed by atoms with Crippen molar-refractivity contribution in [2.75, 3.05) is 5.88 Å². The summed E-state index contributed by atoms with van der Waals surface area (Å²) in [6.07, 6.45) is 8.14. The second-order valence-electron chi connectivity index (χ2n) is 4.90. The van der Waals surface area contributed by atoms with Crippen LogP contribution in [0.3, 0.4) is 0 Å². The molecule has 0 aliphatic heterocycles. The molecule has 0 spiro atoms. The van der Waals surface area contributed by atoms with Gasteiger partial charge in [-0.25, -0.2) is 0 Å². The van der Waals surface area contributed by atoms with Crippen molar-refractivity contribution in [1.29, 1.82) is 0 Å². The molecular formula is C15H27Cl. The zero-order valence-corrected chi connectivity index (χ0v) is 12.3. The van der Waals surface area contributed by atoms with E-state index >= 15 is 0 Å². The second-order valence-corrected chi connectivity index (χ2v) is 5.21. The van der Waals surface area contributed by atoms with E-state index in [4.69, 9.17) is 11.6 Å². The zero-order valence-electron chi connectivity index (χ0n) is 11.5. The lowest BCUT2D eigenvalue weighted by Crippen LogP contribution is -2.00. The summed E-state index contributed by atoms with van der Waals surface area (Å²) >= 11 is 5.90. The molecule has 0 heterocycles. The zero-order chi connectivity index (χ0) is 12.6. The summed E-state index contributed by atoms with van der Waals surface area (Å²) in [5.74, 6) is 2.10. The van der Waals surface area contributed by atoms with Gasteiger partial charge in [0.2, 0.25) is 0 Å². The Morgan fingerprint density at radius 2 is 1.94 bits per heavy atom. The summed E-state index contributed by atoms with van der Waals surface area (Å²) in [5, 5.41) is 0. The number of hydrogen-bond acceptors (Lipinski definition) is 0. The Hall–Kier alpha value is -0.230. The summed E-state index contributed by atoms with van der Waals surface area (Å²) in [6.45, 7) is 11.1. The number of halogens is 1. The molecule has 94 valence electrons. The van der Waals surface area contributed by atoms with Crippen LogP contribution >= 0.6 is 11.6 Å². The third kappa shape index (κ3) is 6.37. The molecule has 0 aromatic rings. The fourth-order valence-electron chi connectivity index (χ4n) is 1.76. The van der Waals surface area contributed by atoms with Crippen molar-refractivity contribution in [3.8, 4) is 0 Å². The maximum atomic E-state index is 5.90. The maximum Gasteiger partial charge on any atom is 0.0251 e. The van der Waals surface area contributed by atoms with Gasteiger partial charge in [0.05, 0.1) is 0 Å². The monoisotopic (exact) mass is 242 g/mol. The minimum absolute atomic E-state index is 0.620. The first-order chi connectivity index (χ1) is 7.54. The van der Waals surface area contributed by atoms with E-state index in [1.54, 1.807) is 0 Å². The van der Waals surface area contributed by atoms with Gasteiger partial charge < -0.3 is 0 Å². The summed E-state index contributed by atoms with van der Waals surface area (Å²) < 4.78 is 0. The molecule has 0 radical (unpaired) electrons. The number of rotatable bonds is 7. The van der Waals surface area contributed by atoms with Gasteiger partial charge in [0.25, 0.3) is 0 Å². The molecule has 0 N–H and O–H groups in total. The highest BCUT2D eigenvalue weighted by Crippen LogP contribution is 2.19. The standard InChI is InChI=1S/C15H27Cl/c1-6-14(11-16)9-8-13(5)10-15(7-2)12(3)4/h7,10,12,14H,6,8-9,11H2,1-5H3/b13-10-,15-7+. The maximum absolute atomic E-state index is 5.90. The molecule has 0 aliphatic carbocycles. The Labute approximate surface area is 107 Å². The number of hydrogen-bond donors (Lipinski definition) is 0. The first-order valence-electron chi connectivity index (χ1n) is 6.44. The lowest BCUT2D eigenvalue weighted by molar-refractivity contribution is 0.521. The van der Waals surface area contributed by atoms with E-state index in [1.165, 1.54) is 30.4 Å². The van der Waals surface area contributed by atoms with E-state index < -0.39 is 0 Å². The lowest BCUT2D eigenvalue weighted by Gasteiger charge is -2.12.